The number of ether oxygens (including phenoxy) is 2. The Morgan fingerprint density at radius 1 is 1.24 bits per heavy atom. The highest BCUT2D eigenvalue weighted by Crippen LogP contribution is 2.55. The van der Waals surface area contributed by atoms with Crippen LogP contribution in [0.5, 0.6) is 0 Å². The number of carbonyl (C=O) groups is 2. The minimum absolute atomic E-state index is 0.189. The number of pyridine rings is 2. The fourth-order valence-corrected chi connectivity index (χ4v) is 3.16. The van der Waals surface area contributed by atoms with Crippen LogP contribution >= 0.6 is 0 Å². The predicted octanol–water partition coefficient (Wildman–Crippen LogP) is 1.53. The molecule has 2 aromatic heterocycles. The number of fused-ring (bicyclic) bond motifs is 1. The summed E-state index contributed by atoms with van der Waals surface area (Å²) in [4.78, 5) is 41.2. The third-order valence-electron chi connectivity index (χ3n) is 4.58. The molecule has 1 atom stereocenters. The summed E-state index contributed by atoms with van der Waals surface area (Å²) in [5.74, 6) is -1.47. The molecule has 0 bridgehead atoms. The molecule has 3 rings (SSSR count). The van der Waals surface area contributed by atoms with Crippen molar-refractivity contribution in [3.63, 3.8) is 0 Å². The van der Waals surface area contributed by atoms with Crippen molar-refractivity contribution in [2.24, 2.45) is 11.3 Å². The smallest absolute Gasteiger partial charge is 0.323 e. The van der Waals surface area contributed by atoms with E-state index in [2.05, 4.69) is 4.98 Å². The molecule has 0 unspecified atom stereocenters. The Bertz CT molecular complexity index is 855. The fraction of sp³-hybridized carbons (Fsp3) is 0.444. The van der Waals surface area contributed by atoms with E-state index >= 15 is 0 Å². The Morgan fingerprint density at radius 2 is 1.92 bits per heavy atom. The van der Waals surface area contributed by atoms with Gasteiger partial charge < -0.3 is 14.0 Å². The van der Waals surface area contributed by atoms with Gasteiger partial charge in [0, 0.05) is 31.1 Å². The van der Waals surface area contributed by atoms with Crippen LogP contribution in [0.1, 0.15) is 20.3 Å². The van der Waals surface area contributed by atoms with Crippen molar-refractivity contribution < 1.29 is 19.1 Å². The van der Waals surface area contributed by atoms with Crippen LogP contribution in [0.3, 0.4) is 0 Å². The Labute approximate surface area is 144 Å². The van der Waals surface area contributed by atoms with Crippen LogP contribution in [-0.4, -0.2) is 34.7 Å². The van der Waals surface area contributed by atoms with Crippen LogP contribution in [-0.2, 0) is 25.6 Å². The molecule has 2 heterocycles. The summed E-state index contributed by atoms with van der Waals surface area (Å²) in [5.41, 5.74) is -1.49. The second kappa shape index (κ2) is 6.66. The number of carbonyl (C=O) groups excluding carboxylic acids is 2. The fourth-order valence-electron chi connectivity index (χ4n) is 3.16. The van der Waals surface area contributed by atoms with Crippen LogP contribution in [0.2, 0.25) is 0 Å². The summed E-state index contributed by atoms with van der Waals surface area (Å²) in [5, 5.41) is 1.30. The Morgan fingerprint density at radius 3 is 2.56 bits per heavy atom. The predicted molar refractivity (Wildman–Crippen MR) is 89.8 cm³/mol. The van der Waals surface area contributed by atoms with Crippen molar-refractivity contribution in [2.75, 3.05) is 13.2 Å². The molecular weight excluding hydrogens is 324 g/mol. The number of aromatic nitrogens is 2. The van der Waals surface area contributed by atoms with Gasteiger partial charge in [-0.05, 0) is 37.8 Å². The second-order valence-electron chi connectivity index (χ2n) is 6.05. The van der Waals surface area contributed by atoms with E-state index in [1.54, 1.807) is 32.3 Å². The molecule has 0 radical (unpaired) electrons. The zero-order chi connectivity index (χ0) is 18.0. The molecule has 1 saturated carbocycles. The van der Waals surface area contributed by atoms with E-state index in [0.717, 1.165) is 5.39 Å². The summed E-state index contributed by atoms with van der Waals surface area (Å²) in [6, 6.07) is 3.58. The van der Waals surface area contributed by atoms with E-state index in [9.17, 15) is 14.4 Å². The van der Waals surface area contributed by atoms with Crippen LogP contribution in [0.25, 0.3) is 10.8 Å². The average molecular weight is 344 g/mol. The highest BCUT2D eigenvalue weighted by molar-refractivity contribution is 6.03. The summed E-state index contributed by atoms with van der Waals surface area (Å²) >= 11 is 0. The molecule has 25 heavy (non-hydrogen) atoms. The van der Waals surface area contributed by atoms with Gasteiger partial charge in [-0.3, -0.25) is 19.4 Å². The minimum Gasteiger partial charge on any atom is -0.465 e. The van der Waals surface area contributed by atoms with Crippen molar-refractivity contribution >= 4 is 22.7 Å². The lowest BCUT2D eigenvalue weighted by Gasteiger charge is -2.15. The van der Waals surface area contributed by atoms with E-state index < -0.39 is 17.4 Å². The average Bonchev–Trinajstić information content (AvgIpc) is 3.33. The van der Waals surface area contributed by atoms with E-state index in [1.165, 1.54) is 10.8 Å². The number of nitrogens with zero attached hydrogens (tertiary/aromatic N) is 2. The third-order valence-corrected chi connectivity index (χ3v) is 4.58. The summed E-state index contributed by atoms with van der Waals surface area (Å²) in [6.45, 7) is 4.01. The largest absolute Gasteiger partial charge is 0.465 e. The molecule has 132 valence electrons. The Hall–Kier alpha value is -2.70. The summed E-state index contributed by atoms with van der Waals surface area (Å²) in [7, 11) is 0. The summed E-state index contributed by atoms with van der Waals surface area (Å²) in [6.07, 6.45) is 5.14. The van der Waals surface area contributed by atoms with Gasteiger partial charge in [-0.15, -0.1) is 0 Å². The van der Waals surface area contributed by atoms with Gasteiger partial charge in [-0.25, -0.2) is 0 Å². The lowest BCUT2D eigenvalue weighted by molar-refractivity contribution is -0.165. The number of esters is 2. The number of hydrogen-bond donors (Lipinski definition) is 0. The van der Waals surface area contributed by atoms with Gasteiger partial charge in [-0.1, -0.05) is 0 Å². The SMILES string of the molecule is CCOC(=O)C1(C(=O)OCC)C[C@H]1Cn1ccc2ccncc2c1=O. The second-order valence-corrected chi connectivity index (χ2v) is 6.05. The van der Waals surface area contributed by atoms with E-state index in [0.29, 0.717) is 11.8 Å². The van der Waals surface area contributed by atoms with Gasteiger partial charge in [0.15, 0.2) is 5.41 Å². The topological polar surface area (TPSA) is 87.5 Å². The zero-order valence-electron chi connectivity index (χ0n) is 14.2. The first-order valence-electron chi connectivity index (χ1n) is 8.32. The van der Waals surface area contributed by atoms with E-state index in [-0.39, 0.29) is 31.2 Å². The molecule has 7 nitrogen and oxygen atoms in total. The maximum absolute atomic E-state index is 12.6. The van der Waals surface area contributed by atoms with Gasteiger partial charge in [0.1, 0.15) is 0 Å². The first-order chi connectivity index (χ1) is 12.0. The molecule has 0 spiro atoms. The van der Waals surface area contributed by atoms with Crippen molar-refractivity contribution in [1.82, 2.24) is 9.55 Å². The Kier molecular flexibility index (Phi) is 4.57. The normalized spacial score (nSPS) is 17.9. The van der Waals surface area contributed by atoms with Crippen molar-refractivity contribution in [3.8, 4) is 0 Å². The van der Waals surface area contributed by atoms with Crippen LogP contribution in [0.4, 0.5) is 0 Å². The molecule has 0 saturated heterocycles. The van der Waals surface area contributed by atoms with Crippen molar-refractivity contribution in [2.45, 2.75) is 26.8 Å². The standard InChI is InChI=1S/C18H20N2O5/c1-3-24-16(22)18(17(23)25-4-2)9-13(18)11-20-8-6-12-5-7-19-10-14(12)15(20)21/h5-8,10,13H,3-4,9,11H2,1-2H3/t13-/m0/s1. The van der Waals surface area contributed by atoms with Gasteiger partial charge in [0.05, 0.1) is 18.6 Å². The molecule has 0 aliphatic heterocycles. The van der Waals surface area contributed by atoms with Gasteiger partial charge in [-0.2, -0.15) is 0 Å². The lowest BCUT2D eigenvalue weighted by Crippen LogP contribution is -2.33. The van der Waals surface area contributed by atoms with Crippen molar-refractivity contribution in [3.05, 3.63) is 41.1 Å². The van der Waals surface area contributed by atoms with E-state index in [1.807, 2.05) is 6.07 Å². The van der Waals surface area contributed by atoms with Gasteiger partial charge in [0.25, 0.3) is 5.56 Å². The zero-order valence-corrected chi connectivity index (χ0v) is 14.2. The first kappa shape index (κ1) is 17.1. The monoisotopic (exact) mass is 344 g/mol. The molecule has 0 amide bonds. The van der Waals surface area contributed by atoms with Crippen LogP contribution in [0, 0.1) is 11.3 Å². The third kappa shape index (κ3) is 2.90. The molecule has 1 fully saturated rings. The van der Waals surface area contributed by atoms with Gasteiger partial charge >= 0.3 is 11.9 Å². The molecule has 1 aliphatic rings. The molecule has 2 aromatic rings. The summed E-state index contributed by atoms with van der Waals surface area (Å²) < 4.78 is 11.6. The maximum atomic E-state index is 12.6. The van der Waals surface area contributed by atoms with Crippen LogP contribution in [0.15, 0.2) is 35.5 Å². The Balaban J connectivity index is 1.88. The van der Waals surface area contributed by atoms with E-state index in [4.69, 9.17) is 9.47 Å². The minimum atomic E-state index is -1.30. The number of rotatable bonds is 6. The molecule has 0 aromatic carbocycles. The van der Waals surface area contributed by atoms with Gasteiger partial charge in [0.2, 0.25) is 0 Å². The molecular formula is C18H20N2O5. The number of hydrogen-bond acceptors (Lipinski definition) is 6. The molecule has 7 heteroatoms. The highest BCUT2D eigenvalue weighted by atomic mass is 16.6. The molecule has 1 aliphatic carbocycles. The lowest BCUT2D eigenvalue weighted by atomic mass is 10.0. The van der Waals surface area contributed by atoms with Crippen LogP contribution < -0.4 is 5.56 Å². The molecule has 0 N–H and O–H groups in total. The highest BCUT2D eigenvalue weighted by Gasteiger charge is 2.68. The maximum Gasteiger partial charge on any atom is 0.323 e. The quantitative estimate of drug-likeness (QED) is 0.583. The first-order valence-corrected chi connectivity index (χ1v) is 8.32. The van der Waals surface area contributed by atoms with Crippen molar-refractivity contribution in [1.29, 1.82) is 0 Å².